The van der Waals surface area contributed by atoms with E-state index in [2.05, 4.69) is 31.0 Å². The fourth-order valence-electron chi connectivity index (χ4n) is 1.11. The summed E-state index contributed by atoms with van der Waals surface area (Å²) in [7, 11) is 0. The smallest absolute Gasteiger partial charge is 0.0314 e. The highest BCUT2D eigenvalue weighted by Crippen LogP contribution is 2.08. The molecule has 0 saturated carbocycles. The van der Waals surface area contributed by atoms with Gasteiger partial charge in [-0.1, -0.05) is 37.8 Å². The molecule has 13 heavy (non-hydrogen) atoms. The van der Waals surface area contributed by atoms with Crippen LogP contribution in [-0.2, 0) is 6.54 Å². The summed E-state index contributed by atoms with van der Waals surface area (Å²) in [5.41, 5.74) is 8.44. The number of benzene rings is 1. The maximum atomic E-state index is 5.55. The molecule has 70 valence electrons. The van der Waals surface area contributed by atoms with Gasteiger partial charge in [0.05, 0.1) is 0 Å². The Morgan fingerprint density at radius 3 is 2.46 bits per heavy atom. The van der Waals surface area contributed by atoms with Gasteiger partial charge in [-0.2, -0.15) is 0 Å². The van der Waals surface area contributed by atoms with E-state index in [0.29, 0.717) is 5.70 Å². The summed E-state index contributed by atoms with van der Waals surface area (Å²) in [5.74, 6) is 0. The molecule has 0 aliphatic carbocycles. The standard InChI is InChI=1S/C11H16N2/c1-3-13-8-10-4-6-11(7-5-10)9(2)12/h4-7,13H,2-3,8,12H2,1H3. The van der Waals surface area contributed by atoms with E-state index in [4.69, 9.17) is 5.73 Å². The van der Waals surface area contributed by atoms with Crippen molar-refractivity contribution in [3.05, 3.63) is 42.0 Å². The van der Waals surface area contributed by atoms with Gasteiger partial charge >= 0.3 is 0 Å². The largest absolute Gasteiger partial charge is 0.399 e. The molecule has 0 heterocycles. The summed E-state index contributed by atoms with van der Waals surface area (Å²) in [6.07, 6.45) is 0. The molecule has 0 aliphatic heterocycles. The Morgan fingerprint density at radius 2 is 2.00 bits per heavy atom. The quantitative estimate of drug-likeness (QED) is 0.733. The SMILES string of the molecule is C=C(N)c1ccc(CNCC)cc1. The lowest BCUT2D eigenvalue weighted by atomic mass is 10.1. The van der Waals surface area contributed by atoms with E-state index in [9.17, 15) is 0 Å². The molecule has 0 bridgehead atoms. The van der Waals surface area contributed by atoms with E-state index >= 15 is 0 Å². The summed E-state index contributed by atoms with van der Waals surface area (Å²) in [5, 5.41) is 3.26. The third kappa shape index (κ3) is 2.92. The van der Waals surface area contributed by atoms with Gasteiger partial charge < -0.3 is 11.1 Å². The van der Waals surface area contributed by atoms with Crippen LogP contribution in [-0.4, -0.2) is 6.54 Å². The Kier molecular flexibility index (Phi) is 3.53. The minimum Gasteiger partial charge on any atom is -0.399 e. The van der Waals surface area contributed by atoms with E-state index in [0.717, 1.165) is 18.7 Å². The van der Waals surface area contributed by atoms with Crippen molar-refractivity contribution in [3.63, 3.8) is 0 Å². The summed E-state index contributed by atoms with van der Waals surface area (Å²) in [6.45, 7) is 7.67. The molecule has 0 atom stereocenters. The van der Waals surface area contributed by atoms with Gasteiger partial charge in [0.2, 0.25) is 0 Å². The molecule has 1 rings (SSSR count). The van der Waals surface area contributed by atoms with E-state index < -0.39 is 0 Å². The molecular weight excluding hydrogens is 160 g/mol. The van der Waals surface area contributed by atoms with Gasteiger partial charge in [0, 0.05) is 12.2 Å². The van der Waals surface area contributed by atoms with Crippen LogP contribution < -0.4 is 11.1 Å². The van der Waals surface area contributed by atoms with Gasteiger partial charge in [-0.15, -0.1) is 0 Å². The normalized spacial score (nSPS) is 9.92. The first-order valence-corrected chi connectivity index (χ1v) is 4.48. The molecule has 0 aromatic heterocycles. The van der Waals surface area contributed by atoms with Gasteiger partial charge in [-0.3, -0.25) is 0 Å². The molecule has 1 aromatic rings. The van der Waals surface area contributed by atoms with Crippen molar-refractivity contribution in [3.8, 4) is 0 Å². The molecule has 2 heteroatoms. The van der Waals surface area contributed by atoms with Crippen molar-refractivity contribution in [1.82, 2.24) is 5.32 Å². The van der Waals surface area contributed by atoms with Crippen LogP contribution in [0.4, 0.5) is 0 Å². The monoisotopic (exact) mass is 176 g/mol. The average Bonchev–Trinajstić information content (AvgIpc) is 2.15. The first-order chi connectivity index (χ1) is 6.24. The third-order valence-electron chi connectivity index (χ3n) is 1.90. The van der Waals surface area contributed by atoms with Crippen LogP contribution in [0.2, 0.25) is 0 Å². The summed E-state index contributed by atoms with van der Waals surface area (Å²) >= 11 is 0. The molecule has 2 nitrogen and oxygen atoms in total. The van der Waals surface area contributed by atoms with Crippen LogP contribution in [0.1, 0.15) is 18.1 Å². The van der Waals surface area contributed by atoms with Crippen LogP contribution in [0.15, 0.2) is 30.8 Å². The van der Waals surface area contributed by atoms with Gasteiger partial charge in [-0.05, 0) is 17.7 Å². The van der Waals surface area contributed by atoms with Gasteiger partial charge in [0.15, 0.2) is 0 Å². The second-order valence-electron chi connectivity index (χ2n) is 3.00. The highest BCUT2D eigenvalue weighted by molar-refractivity contribution is 5.60. The predicted molar refractivity (Wildman–Crippen MR) is 57.0 cm³/mol. The highest BCUT2D eigenvalue weighted by Gasteiger charge is 1.94. The second kappa shape index (κ2) is 4.67. The van der Waals surface area contributed by atoms with Crippen molar-refractivity contribution >= 4 is 5.70 Å². The Labute approximate surface area is 79.5 Å². The van der Waals surface area contributed by atoms with E-state index in [-0.39, 0.29) is 0 Å². The minimum absolute atomic E-state index is 0.620. The Hall–Kier alpha value is -1.28. The maximum Gasteiger partial charge on any atom is 0.0314 e. The second-order valence-corrected chi connectivity index (χ2v) is 3.00. The molecule has 1 aromatic carbocycles. The van der Waals surface area contributed by atoms with Crippen LogP contribution in [0.5, 0.6) is 0 Å². The molecule has 0 aliphatic rings. The lowest BCUT2D eigenvalue weighted by Crippen LogP contribution is -2.11. The van der Waals surface area contributed by atoms with Gasteiger partial charge in [0.25, 0.3) is 0 Å². The molecular formula is C11H16N2. The summed E-state index contributed by atoms with van der Waals surface area (Å²) in [4.78, 5) is 0. The number of hydrogen-bond donors (Lipinski definition) is 2. The van der Waals surface area contributed by atoms with Gasteiger partial charge in [-0.25, -0.2) is 0 Å². The molecule has 0 radical (unpaired) electrons. The molecule has 0 amide bonds. The Morgan fingerprint density at radius 1 is 1.38 bits per heavy atom. The van der Waals surface area contributed by atoms with Crippen LogP contribution in [0.25, 0.3) is 5.70 Å². The van der Waals surface area contributed by atoms with E-state index in [1.54, 1.807) is 0 Å². The van der Waals surface area contributed by atoms with Crippen LogP contribution >= 0.6 is 0 Å². The third-order valence-corrected chi connectivity index (χ3v) is 1.90. The Bertz CT molecular complexity index is 275. The fourth-order valence-corrected chi connectivity index (χ4v) is 1.11. The molecule has 3 N–H and O–H groups in total. The Balaban J connectivity index is 2.64. The molecule has 0 spiro atoms. The van der Waals surface area contributed by atoms with Crippen molar-refractivity contribution in [2.24, 2.45) is 5.73 Å². The number of rotatable bonds is 4. The first kappa shape index (κ1) is 9.81. The van der Waals surface area contributed by atoms with Crippen LogP contribution in [0.3, 0.4) is 0 Å². The topological polar surface area (TPSA) is 38.0 Å². The van der Waals surface area contributed by atoms with E-state index in [1.807, 2.05) is 12.1 Å². The zero-order valence-corrected chi connectivity index (χ0v) is 8.01. The zero-order chi connectivity index (χ0) is 9.68. The first-order valence-electron chi connectivity index (χ1n) is 4.48. The molecule has 0 saturated heterocycles. The average molecular weight is 176 g/mol. The highest BCUT2D eigenvalue weighted by atomic mass is 14.8. The number of nitrogens with two attached hydrogens (primary N) is 1. The van der Waals surface area contributed by atoms with Gasteiger partial charge in [0.1, 0.15) is 0 Å². The van der Waals surface area contributed by atoms with Crippen molar-refractivity contribution in [2.75, 3.05) is 6.54 Å². The maximum absolute atomic E-state index is 5.55. The van der Waals surface area contributed by atoms with Crippen LogP contribution in [0, 0.1) is 0 Å². The molecule has 0 fully saturated rings. The number of nitrogens with one attached hydrogen (secondary N) is 1. The van der Waals surface area contributed by atoms with Crippen molar-refractivity contribution in [2.45, 2.75) is 13.5 Å². The fraction of sp³-hybridized carbons (Fsp3) is 0.273. The summed E-state index contributed by atoms with van der Waals surface area (Å²) in [6, 6.07) is 8.12. The van der Waals surface area contributed by atoms with Crippen molar-refractivity contribution in [1.29, 1.82) is 0 Å². The lowest BCUT2D eigenvalue weighted by Gasteiger charge is -2.03. The summed E-state index contributed by atoms with van der Waals surface area (Å²) < 4.78 is 0. The zero-order valence-electron chi connectivity index (χ0n) is 8.01. The molecule has 0 unspecified atom stereocenters. The lowest BCUT2D eigenvalue weighted by molar-refractivity contribution is 0.727. The predicted octanol–water partition coefficient (Wildman–Crippen LogP) is 1.73. The van der Waals surface area contributed by atoms with E-state index in [1.165, 1.54) is 5.56 Å². The number of hydrogen-bond acceptors (Lipinski definition) is 2. The van der Waals surface area contributed by atoms with Crippen molar-refractivity contribution < 1.29 is 0 Å². The minimum atomic E-state index is 0.620.